The summed E-state index contributed by atoms with van der Waals surface area (Å²) in [6.45, 7) is 0.893. The number of nitro groups is 1. The van der Waals surface area contributed by atoms with Gasteiger partial charge < -0.3 is 9.47 Å². The Morgan fingerprint density at radius 3 is 3.00 bits per heavy atom. The average Bonchev–Trinajstić information content (AvgIpc) is 2.99. The minimum Gasteiger partial charge on any atom is -0.490 e. The van der Waals surface area contributed by atoms with E-state index in [-0.39, 0.29) is 18.2 Å². The van der Waals surface area contributed by atoms with Gasteiger partial charge in [0, 0.05) is 11.8 Å². The molecule has 118 valence electrons. The summed E-state index contributed by atoms with van der Waals surface area (Å²) in [7, 11) is 3.05. The highest BCUT2D eigenvalue weighted by molar-refractivity contribution is 14.2. The normalized spacial score (nSPS) is 10.6. The zero-order valence-electron chi connectivity index (χ0n) is 11.6. The molecule has 22 heavy (non-hydrogen) atoms. The van der Waals surface area contributed by atoms with Gasteiger partial charge >= 0.3 is 5.69 Å². The second kappa shape index (κ2) is 8.29. The smallest absolute Gasteiger partial charge is 0.311 e. The summed E-state index contributed by atoms with van der Waals surface area (Å²) >= 11 is 2.20. The Kier molecular flexibility index (Phi) is 6.39. The molecule has 0 bridgehead atoms. The van der Waals surface area contributed by atoms with Crippen LogP contribution in [0.25, 0.3) is 11.4 Å². The van der Waals surface area contributed by atoms with Crippen LogP contribution >= 0.6 is 30.1 Å². The van der Waals surface area contributed by atoms with Crippen molar-refractivity contribution in [1.82, 2.24) is 14.8 Å². The van der Waals surface area contributed by atoms with Crippen molar-refractivity contribution in [3.8, 4) is 17.1 Å². The fraction of sp³-hybridized carbons (Fsp3) is 0.333. The van der Waals surface area contributed by atoms with Gasteiger partial charge in [-0.2, -0.15) is 0 Å². The quantitative estimate of drug-likeness (QED) is 0.272. The number of nitro benzene ring substituents is 1. The van der Waals surface area contributed by atoms with Crippen LogP contribution < -0.4 is 4.74 Å². The van der Waals surface area contributed by atoms with Crippen LogP contribution in [-0.4, -0.2) is 39.2 Å². The number of halogens is 1. The number of ether oxygens (including phenoxy) is 2. The number of rotatable bonds is 8. The van der Waals surface area contributed by atoms with Crippen LogP contribution in [0.3, 0.4) is 0 Å². The summed E-state index contributed by atoms with van der Waals surface area (Å²) in [5, 5.41) is 15.3. The monoisotopic (exact) mass is 436 g/mol. The lowest BCUT2D eigenvalue weighted by Gasteiger charge is -2.05. The first-order chi connectivity index (χ1) is 10.7. The number of hydrogen-bond acceptors (Lipinski definition) is 7. The second-order valence-corrected chi connectivity index (χ2v) is 6.57. The maximum atomic E-state index is 11.0. The minimum absolute atomic E-state index is 0.119. The molecule has 0 saturated carbocycles. The van der Waals surface area contributed by atoms with Gasteiger partial charge in [-0.1, -0.05) is 15.0 Å². The predicted octanol–water partition coefficient (Wildman–Crippen LogP) is 2.92. The molecule has 0 unspecified atom stereocenters. The van der Waals surface area contributed by atoms with Crippen LogP contribution in [-0.2, 0) is 11.5 Å². The third-order valence-corrected chi connectivity index (χ3v) is 4.34. The first-order valence-electron chi connectivity index (χ1n) is 6.20. The zero-order chi connectivity index (χ0) is 15.9. The Morgan fingerprint density at radius 2 is 2.32 bits per heavy atom. The van der Waals surface area contributed by atoms with E-state index < -0.39 is 4.92 Å². The molecule has 0 saturated heterocycles. The standard InChI is InChI=1S/C12H13IN4O4S/c1-20-11-9(3-2-4-10(11)17(18)19)12-14-7-16(15-12)8-21-5-6-22-13/h2-4,7H,5-6,8H2,1H3. The number of aromatic nitrogens is 3. The molecule has 2 aromatic rings. The molecule has 0 aliphatic heterocycles. The molecule has 0 amide bonds. The highest BCUT2D eigenvalue weighted by Gasteiger charge is 2.21. The molecule has 0 aliphatic carbocycles. The first kappa shape index (κ1) is 17.0. The molecule has 0 fully saturated rings. The van der Waals surface area contributed by atoms with Gasteiger partial charge in [-0.05, 0) is 27.3 Å². The summed E-state index contributed by atoms with van der Waals surface area (Å²) in [4.78, 5) is 14.7. The van der Waals surface area contributed by atoms with Gasteiger partial charge in [-0.3, -0.25) is 10.1 Å². The molecule has 0 atom stereocenters. The van der Waals surface area contributed by atoms with E-state index in [0.29, 0.717) is 18.0 Å². The SMILES string of the molecule is COc1c(-c2ncn(COCCSI)n2)cccc1[N+](=O)[O-]. The maximum Gasteiger partial charge on any atom is 0.311 e. The molecule has 0 spiro atoms. The van der Waals surface area contributed by atoms with E-state index in [1.165, 1.54) is 24.2 Å². The van der Waals surface area contributed by atoms with Crippen molar-refractivity contribution >= 4 is 35.8 Å². The third-order valence-electron chi connectivity index (χ3n) is 2.70. The maximum absolute atomic E-state index is 11.0. The van der Waals surface area contributed by atoms with E-state index in [9.17, 15) is 10.1 Å². The minimum atomic E-state index is -0.496. The Labute approximate surface area is 142 Å². The van der Waals surface area contributed by atoms with Crippen LogP contribution in [0.4, 0.5) is 5.69 Å². The van der Waals surface area contributed by atoms with Gasteiger partial charge in [0.15, 0.2) is 5.82 Å². The Morgan fingerprint density at radius 1 is 1.50 bits per heavy atom. The molecular formula is C12H13IN4O4S. The number of hydrogen-bond donors (Lipinski definition) is 0. The topological polar surface area (TPSA) is 92.3 Å². The van der Waals surface area contributed by atoms with Crippen LogP contribution in [0.5, 0.6) is 5.75 Å². The fourth-order valence-electron chi connectivity index (χ4n) is 1.79. The Bertz CT molecular complexity index is 652. The largest absolute Gasteiger partial charge is 0.490 e. The number of methoxy groups -OCH3 is 1. The highest BCUT2D eigenvalue weighted by Crippen LogP contribution is 2.35. The molecule has 10 heteroatoms. The predicted molar refractivity (Wildman–Crippen MR) is 91.1 cm³/mol. The second-order valence-electron chi connectivity index (χ2n) is 4.07. The zero-order valence-corrected chi connectivity index (χ0v) is 14.6. The van der Waals surface area contributed by atoms with Gasteiger partial charge in [0.25, 0.3) is 0 Å². The lowest BCUT2D eigenvalue weighted by molar-refractivity contribution is -0.385. The molecule has 1 aromatic heterocycles. The fourth-order valence-corrected chi connectivity index (χ4v) is 2.51. The van der Waals surface area contributed by atoms with Crippen LogP contribution in [0.2, 0.25) is 0 Å². The lowest BCUT2D eigenvalue weighted by Crippen LogP contribution is -2.05. The average molecular weight is 436 g/mol. The van der Waals surface area contributed by atoms with Crippen LogP contribution in [0, 0.1) is 10.1 Å². The van der Waals surface area contributed by atoms with Gasteiger partial charge in [0.05, 0.1) is 24.2 Å². The van der Waals surface area contributed by atoms with Gasteiger partial charge in [-0.15, -0.1) is 5.10 Å². The van der Waals surface area contributed by atoms with E-state index in [0.717, 1.165) is 5.75 Å². The van der Waals surface area contributed by atoms with Gasteiger partial charge in [-0.25, -0.2) is 9.67 Å². The van der Waals surface area contributed by atoms with Crippen LogP contribution in [0.15, 0.2) is 24.5 Å². The molecule has 8 nitrogen and oxygen atoms in total. The molecule has 1 heterocycles. The third kappa shape index (κ3) is 4.08. The van der Waals surface area contributed by atoms with Crippen molar-refractivity contribution in [3.63, 3.8) is 0 Å². The molecule has 0 radical (unpaired) electrons. The number of benzene rings is 1. The van der Waals surface area contributed by atoms with Crippen molar-refractivity contribution in [3.05, 3.63) is 34.6 Å². The van der Waals surface area contributed by atoms with E-state index in [1.807, 2.05) is 0 Å². The number of nitrogens with zero attached hydrogens (tertiary/aromatic N) is 4. The molecular weight excluding hydrogens is 423 g/mol. The molecule has 2 rings (SSSR count). The van der Waals surface area contributed by atoms with Crippen molar-refractivity contribution in [2.75, 3.05) is 19.5 Å². The van der Waals surface area contributed by atoms with Crippen molar-refractivity contribution < 1.29 is 14.4 Å². The Balaban J connectivity index is 2.20. The van der Waals surface area contributed by atoms with Crippen molar-refractivity contribution in [1.29, 1.82) is 0 Å². The first-order valence-corrected chi connectivity index (χ1v) is 9.72. The summed E-state index contributed by atoms with van der Waals surface area (Å²) in [6.07, 6.45) is 1.52. The Hall–Kier alpha value is -1.40. The highest BCUT2D eigenvalue weighted by atomic mass is 127. The summed E-state index contributed by atoms with van der Waals surface area (Å²) < 4.78 is 12.1. The van der Waals surface area contributed by atoms with E-state index >= 15 is 0 Å². The summed E-state index contributed by atoms with van der Waals surface area (Å²) in [5.74, 6) is 1.39. The van der Waals surface area contributed by atoms with Gasteiger partial charge in [0.2, 0.25) is 5.75 Å². The summed E-state index contributed by atoms with van der Waals surface area (Å²) in [5.41, 5.74) is 0.352. The molecule has 1 aromatic carbocycles. The van der Waals surface area contributed by atoms with E-state index in [2.05, 4.69) is 31.3 Å². The van der Waals surface area contributed by atoms with E-state index in [4.69, 9.17) is 9.47 Å². The van der Waals surface area contributed by atoms with Crippen LogP contribution in [0.1, 0.15) is 0 Å². The van der Waals surface area contributed by atoms with Crippen molar-refractivity contribution in [2.45, 2.75) is 6.73 Å². The molecule has 0 aliphatic rings. The number of para-hydroxylation sites is 1. The van der Waals surface area contributed by atoms with Gasteiger partial charge in [0.1, 0.15) is 13.1 Å². The van der Waals surface area contributed by atoms with Crippen molar-refractivity contribution in [2.24, 2.45) is 0 Å². The summed E-state index contributed by atoms with van der Waals surface area (Å²) in [6, 6.07) is 4.63. The lowest BCUT2D eigenvalue weighted by atomic mass is 10.1. The van der Waals surface area contributed by atoms with E-state index in [1.54, 1.807) is 21.1 Å². The molecule has 0 N–H and O–H groups in total.